The Hall–Kier alpha value is -8.61. The summed E-state index contributed by atoms with van der Waals surface area (Å²) in [5, 5.41) is 7.00. The van der Waals surface area contributed by atoms with Crippen LogP contribution in [0.1, 0.15) is 0 Å². The zero-order chi connectivity index (χ0) is 41.4. The highest BCUT2D eigenvalue weighted by atomic mass is 15.2. The van der Waals surface area contributed by atoms with Crippen molar-refractivity contribution in [3.05, 3.63) is 218 Å². The van der Waals surface area contributed by atoms with Crippen molar-refractivity contribution in [2.75, 3.05) is 0 Å². The molecule has 0 saturated carbocycles. The molecule has 294 valence electrons. The van der Waals surface area contributed by atoms with E-state index in [2.05, 4.69) is 208 Å². The predicted molar refractivity (Wildman–Crippen MR) is 259 cm³/mol. The van der Waals surface area contributed by atoms with E-state index in [0.717, 1.165) is 77.5 Å². The normalized spacial score (nSPS) is 11.8. The molecule has 6 heteroatoms. The van der Waals surface area contributed by atoms with Crippen LogP contribution in [0.2, 0.25) is 0 Å². The first-order valence-electron chi connectivity index (χ1n) is 21.3. The summed E-state index contributed by atoms with van der Waals surface area (Å²) in [5.74, 6) is 1.75. The van der Waals surface area contributed by atoms with Gasteiger partial charge >= 0.3 is 0 Å². The summed E-state index contributed by atoms with van der Waals surface area (Å²) in [7, 11) is 0. The molecule has 0 aliphatic rings. The van der Waals surface area contributed by atoms with Crippen molar-refractivity contribution in [1.82, 2.24) is 28.7 Å². The molecule has 0 N–H and O–H groups in total. The van der Waals surface area contributed by atoms with E-state index in [1.807, 2.05) is 24.3 Å². The van der Waals surface area contributed by atoms with Gasteiger partial charge in [0.25, 0.3) is 0 Å². The van der Waals surface area contributed by atoms with Gasteiger partial charge in [0, 0.05) is 49.1 Å². The van der Waals surface area contributed by atoms with Gasteiger partial charge in [0.05, 0.1) is 38.8 Å². The third kappa shape index (κ3) is 5.41. The molecule has 0 bridgehead atoms. The zero-order valence-corrected chi connectivity index (χ0v) is 34.0. The average molecular weight is 805 g/mol. The van der Waals surface area contributed by atoms with Crippen LogP contribution in [-0.4, -0.2) is 28.7 Å². The van der Waals surface area contributed by atoms with E-state index in [0.29, 0.717) is 17.6 Å². The Bertz CT molecular complexity index is 3850. The highest BCUT2D eigenvalue weighted by molar-refractivity contribution is 6.27. The second-order valence-electron chi connectivity index (χ2n) is 16.0. The number of hydrogen-bond acceptors (Lipinski definition) is 3. The molecule has 0 amide bonds. The molecule has 13 rings (SSSR count). The maximum absolute atomic E-state index is 5.43. The van der Waals surface area contributed by atoms with Gasteiger partial charge in [-0.1, -0.05) is 170 Å². The molecule has 63 heavy (non-hydrogen) atoms. The van der Waals surface area contributed by atoms with Crippen molar-refractivity contribution in [2.45, 2.75) is 0 Å². The zero-order valence-electron chi connectivity index (χ0n) is 34.0. The monoisotopic (exact) mass is 804 g/mol. The number of benzene rings is 9. The van der Waals surface area contributed by atoms with Crippen LogP contribution in [-0.2, 0) is 0 Å². The van der Waals surface area contributed by atoms with Crippen LogP contribution in [0.25, 0.3) is 117 Å². The highest BCUT2D eigenvalue weighted by Crippen LogP contribution is 2.47. The Kier molecular flexibility index (Phi) is 7.80. The van der Waals surface area contributed by atoms with E-state index < -0.39 is 0 Å². The first-order valence-corrected chi connectivity index (χ1v) is 21.3. The van der Waals surface area contributed by atoms with Gasteiger partial charge in [0.1, 0.15) is 0 Å². The third-order valence-corrected chi connectivity index (χ3v) is 12.5. The lowest BCUT2D eigenvalue weighted by Gasteiger charge is -2.15. The predicted octanol–water partition coefficient (Wildman–Crippen LogP) is 14.2. The summed E-state index contributed by atoms with van der Waals surface area (Å²) in [6.45, 7) is 0. The number of nitrogens with zero attached hydrogens (tertiary/aromatic N) is 6. The smallest absolute Gasteiger partial charge is 0.238 e. The van der Waals surface area contributed by atoms with Crippen molar-refractivity contribution >= 4 is 65.4 Å². The minimum absolute atomic E-state index is 0.546. The number of aromatic nitrogens is 6. The van der Waals surface area contributed by atoms with Crippen molar-refractivity contribution in [3.63, 3.8) is 0 Å². The summed E-state index contributed by atoms with van der Waals surface area (Å²) in [6, 6.07) is 77.3. The Balaban J connectivity index is 1.21. The lowest BCUT2D eigenvalue weighted by molar-refractivity contribution is 0.953. The molecule has 6 nitrogen and oxygen atoms in total. The van der Waals surface area contributed by atoms with E-state index in [-0.39, 0.29) is 0 Å². The van der Waals surface area contributed by atoms with Gasteiger partial charge < -0.3 is 9.13 Å². The van der Waals surface area contributed by atoms with E-state index in [4.69, 9.17) is 15.0 Å². The Labute approximate surface area is 362 Å². The third-order valence-electron chi connectivity index (χ3n) is 12.5. The summed E-state index contributed by atoms with van der Waals surface area (Å²) < 4.78 is 7.16. The quantitative estimate of drug-likeness (QED) is 0.168. The Morgan fingerprint density at radius 2 is 0.698 bits per heavy atom. The summed E-state index contributed by atoms with van der Waals surface area (Å²) in [4.78, 5) is 16.0. The van der Waals surface area contributed by atoms with E-state index in [1.165, 1.54) is 21.5 Å². The largest absolute Gasteiger partial charge is 0.309 e. The molecule has 0 fully saturated rings. The fourth-order valence-electron chi connectivity index (χ4n) is 9.78. The maximum Gasteiger partial charge on any atom is 0.238 e. The molecule has 0 saturated heterocycles. The number of fused-ring (bicyclic) bond motifs is 9. The van der Waals surface area contributed by atoms with Crippen molar-refractivity contribution in [2.24, 2.45) is 0 Å². The second kappa shape index (κ2) is 14.0. The number of rotatable bonds is 6. The molecular weight excluding hydrogens is 769 g/mol. The van der Waals surface area contributed by atoms with Gasteiger partial charge in [-0.3, -0.25) is 4.57 Å². The topological polar surface area (TPSA) is 53.5 Å². The lowest BCUT2D eigenvalue weighted by atomic mass is 10.0. The van der Waals surface area contributed by atoms with E-state index >= 15 is 0 Å². The Morgan fingerprint density at radius 1 is 0.270 bits per heavy atom. The fourth-order valence-corrected chi connectivity index (χ4v) is 9.78. The molecule has 0 aliphatic carbocycles. The van der Waals surface area contributed by atoms with Gasteiger partial charge in [-0.25, -0.2) is 4.98 Å². The minimum atomic E-state index is 0.546. The van der Waals surface area contributed by atoms with E-state index in [9.17, 15) is 0 Å². The van der Waals surface area contributed by atoms with Crippen LogP contribution in [0.5, 0.6) is 0 Å². The highest BCUT2D eigenvalue weighted by Gasteiger charge is 2.27. The average Bonchev–Trinajstić information content (AvgIpc) is 4.00. The molecule has 0 radical (unpaired) electrons. The van der Waals surface area contributed by atoms with Crippen molar-refractivity contribution < 1.29 is 0 Å². The molecular formula is C57H36N6. The van der Waals surface area contributed by atoms with Crippen molar-refractivity contribution in [3.8, 4) is 51.2 Å². The number of hydrogen-bond donors (Lipinski definition) is 0. The SMILES string of the molecule is c1ccc(-c2cccc(-c3nc(-c4ccccc4)nc(-n4c5ccccc5c5c(-n6c7ccccc7c7ccccc76)c6c7ccccc7n(-c7ccccc7)c6cc54)n3)c2)cc1. The van der Waals surface area contributed by atoms with E-state index in [1.54, 1.807) is 0 Å². The van der Waals surface area contributed by atoms with Gasteiger partial charge in [-0.15, -0.1) is 0 Å². The maximum atomic E-state index is 5.43. The van der Waals surface area contributed by atoms with Crippen LogP contribution in [0, 0.1) is 0 Å². The minimum Gasteiger partial charge on any atom is -0.309 e. The molecule has 4 heterocycles. The lowest BCUT2D eigenvalue weighted by Crippen LogP contribution is -2.07. The Morgan fingerprint density at radius 3 is 1.30 bits per heavy atom. The van der Waals surface area contributed by atoms with Crippen molar-refractivity contribution in [1.29, 1.82) is 0 Å². The summed E-state index contributed by atoms with van der Waals surface area (Å²) in [6.07, 6.45) is 0. The van der Waals surface area contributed by atoms with Crippen LogP contribution < -0.4 is 0 Å². The molecule has 0 atom stereocenters. The van der Waals surface area contributed by atoms with Gasteiger partial charge in [0.15, 0.2) is 11.6 Å². The summed E-state index contributed by atoms with van der Waals surface area (Å²) >= 11 is 0. The fraction of sp³-hybridized carbons (Fsp3) is 0. The molecule has 0 spiro atoms. The molecule has 0 aliphatic heterocycles. The first kappa shape index (κ1) is 35.2. The van der Waals surface area contributed by atoms with Gasteiger partial charge in [0.2, 0.25) is 5.95 Å². The van der Waals surface area contributed by atoms with Gasteiger partial charge in [-0.2, -0.15) is 9.97 Å². The summed E-state index contributed by atoms with van der Waals surface area (Å²) in [5.41, 5.74) is 12.8. The van der Waals surface area contributed by atoms with Crippen LogP contribution >= 0.6 is 0 Å². The molecule has 9 aromatic carbocycles. The number of para-hydroxylation sites is 5. The van der Waals surface area contributed by atoms with Crippen LogP contribution in [0.3, 0.4) is 0 Å². The molecule has 13 aromatic rings. The molecule has 4 aromatic heterocycles. The van der Waals surface area contributed by atoms with Crippen LogP contribution in [0.4, 0.5) is 0 Å². The first-order chi connectivity index (χ1) is 31.3. The van der Waals surface area contributed by atoms with Gasteiger partial charge in [-0.05, 0) is 59.7 Å². The van der Waals surface area contributed by atoms with Crippen LogP contribution in [0.15, 0.2) is 218 Å². The molecule has 0 unspecified atom stereocenters. The standard InChI is InChI=1S/C57H36N6/c1-4-19-37(20-5-1)39-23-18-24-40(35-39)56-58-55(38-21-6-2-7-22-38)59-57(60-56)63-49-34-17-13-30-45(49)53-51(63)36-50-52(44-29-12-16-33-48(44)61(50)41-25-8-3-9-26-41)54(53)62-46-31-14-10-27-42(46)43-28-11-15-32-47(43)62/h1-36H. The second-order valence-corrected chi connectivity index (χ2v) is 16.0.